The summed E-state index contributed by atoms with van der Waals surface area (Å²) in [4.78, 5) is 0. The molecule has 0 saturated heterocycles. The molecule has 0 aromatic carbocycles. The van der Waals surface area contributed by atoms with Crippen molar-refractivity contribution in [3.05, 3.63) is 12.2 Å². The van der Waals surface area contributed by atoms with Crippen molar-refractivity contribution in [3.8, 4) is 0 Å². The van der Waals surface area contributed by atoms with E-state index < -0.39 is 5.72 Å². The second kappa shape index (κ2) is 4.44. The van der Waals surface area contributed by atoms with E-state index in [0.717, 1.165) is 6.42 Å². The Hall–Kier alpha value is -0.380. The van der Waals surface area contributed by atoms with Crippen LogP contribution in [-0.2, 0) is 0 Å². The number of rotatable bonds is 4. The van der Waals surface area contributed by atoms with E-state index in [0.29, 0.717) is 13.0 Å². The predicted molar refractivity (Wildman–Crippen MR) is 42.2 cm³/mol. The molecular weight excluding hydrogens is 128 g/mol. The molecule has 3 heteroatoms. The molecule has 0 saturated carbocycles. The summed E-state index contributed by atoms with van der Waals surface area (Å²) in [6.45, 7) is 2.39. The summed E-state index contributed by atoms with van der Waals surface area (Å²) in [6.07, 6.45) is 4.57. The smallest absolute Gasteiger partial charge is 0.132 e. The topological polar surface area (TPSA) is 72.3 Å². The average molecular weight is 144 g/mol. The first kappa shape index (κ1) is 9.62. The molecule has 5 N–H and O–H groups in total. The summed E-state index contributed by atoms with van der Waals surface area (Å²) in [5.41, 5.74) is 9.51. The Morgan fingerprint density at radius 2 is 2.20 bits per heavy atom. The lowest BCUT2D eigenvalue weighted by molar-refractivity contribution is 0.0870. The molecule has 0 aromatic heterocycles. The van der Waals surface area contributed by atoms with Crippen LogP contribution in [-0.4, -0.2) is 17.4 Å². The van der Waals surface area contributed by atoms with Gasteiger partial charge < -0.3 is 16.6 Å². The lowest BCUT2D eigenvalue weighted by Crippen LogP contribution is -2.37. The molecule has 10 heavy (non-hydrogen) atoms. The summed E-state index contributed by atoms with van der Waals surface area (Å²) in [7, 11) is 0. The van der Waals surface area contributed by atoms with Crippen LogP contribution in [0, 0.1) is 0 Å². The molecule has 60 valence electrons. The van der Waals surface area contributed by atoms with Gasteiger partial charge in [0.25, 0.3) is 0 Å². The van der Waals surface area contributed by atoms with E-state index >= 15 is 0 Å². The van der Waals surface area contributed by atoms with Crippen molar-refractivity contribution >= 4 is 0 Å². The van der Waals surface area contributed by atoms with E-state index in [9.17, 15) is 5.11 Å². The van der Waals surface area contributed by atoms with Gasteiger partial charge in [0.15, 0.2) is 0 Å². The van der Waals surface area contributed by atoms with Gasteiger partial charge in [0.1, 0.15) is 5.72 Å². The third-order valence-electron chi connectivity index (χ3n) is 1.24. The zero-order valence-corrected chi connectivity index (χ0v) is 6.38. The van der Waals surface area contributed by atoms with Crippen molar-refractivity contribution in [2.45, 2.75) is 25.5 Å². The Morgan fingerprint density at radius 3 is 2.60 bits per heavy atom. The first-order valence-corrected chi connectivity index (χ1v) is 3.47. The highest BCUT2D eigenvalue weighted by atomic mass is 16.3. The van der Waals surface area contributed by atoms with Crippen molar-refractivity contribution in [3.63, 3.8) is 0 Å². The van der Waals surface area contributed by atoms with Crippen molar-refractivity contribution < 1.29 is 5.11 Å². The van der Waals surface area contributed by atoms with Crippen LogP contribution in [0.2, 0.25) is 0 Å². The molecular formula is C7H16N2O. The van der Waals surface area contributed by atoms with Gasteiger partial charge in [-0.15, -0.1) is 0 Å². The second-order valence-corrected chi connectivity index (χ2v) is 2.38. The highest BCUT2D eigenvalue weighted by molar-refractivity contribution is 4.94. The number of hydrogen-bond donors (Lipinski definition) is 3. The minimum atomic E-state index is -1.16. The van der Waals surface area contributed by atoms with Crippen LogP contribution >= 0.6 is 0 Å². The van der Waals surface area contributed by atoms with Gasteiger partial charge >= 0.3 is 0 Å². The van der Waals surface area contributed by atoms with Gasteiger partial charge in [0.05, 0.1) is 0 Å². The van der Waals surface area contributed by atoms with E-state index in [4.69, 9.17) is 11.5 Å². The fourth-order valence-electron chi connectivity index (χ4n) is 0.757. The Labute approximate surface area is 61.7 Å². The van der Waals surface area contributed by atoms with Gasteiger partial charge in [-0.1, -0.05) is 6.08 Å². The molecule has 0 bridgehead atoms. The molecule has 1 atom stereocenters. The van der Waals surface area contributed by atoms with Gasteiger partial charge in [0.2, 0.25) is 0 Å². The zero-order valence-electron chi connectivity index (χ0n) is 6.38. The lowest BCUT2D eigenvalue weighted by Gasteiger charge is -2.17. The van der Waals surface area contributed by atoms with E-state index in [1.54, 1.807) is 12.2 Å². The summed E-state index contributed by atoms with van der Waals surface area (Å²) in [5, 5.41) is 9.28. The maximum absolute atomic E-state index is 9.28. The molecule has 0 radical (unpaired) electrons. The van der Waals surface area contributed by atoms with Crippen LogP contribution in [0.15, 0.2) is 12.2 Å². The van der Waals surface area contributed by atoms with Crippen LogP contribution in [0.1, 0.15) is 19.8 Å². The quantitative estimate of drug-likeness (QED) is 0.382. The zero-order chi connectivity index (χ0) is 8.04. The average Bonchev–Trinajstić information content (AvgIpc) is 1.84. The third kappa shape index (κ3) is 4.49. The minimum Gasteiger partial charge on any atom is -0.372 e. The normalized spacial score (nSPS) is 17.6. The van der Waals surface area contributed by atoms with Crippen LogP contribution in [0.5, 0.6) is 0 Å². The summed E-state index contributed by atoms with van der Waals surface area (Å²) in [6, 6.07) is 0. The molecule has 0 amide bonds. The number of hydrogen-bond acceptors (Lipinski definition) is 3. The third-order valence-corrected chi connectivity index (χ3v) is 1.24. The minimum absolute atomic E-state index is 0.522. The largest absolute Gasteiger partial charge is 0.372 e. The molecule has 0 heterocycles. The van der Waals surface area contributed by atoms with E-state index in [-0.39, 0.29) is 0 Å². The number of nitrogens with two attached hydrogens (primary N) is 2. The monoisotopic (exact) mass is 144 g/mol. The molecule has 1 unspecified atom stereocenters. The van der Waals surface area contributed by atoms with Gasteiger partial charge in [-0.3, -0.25) is 0 Å². The number of allylic oxidation sites excluding steroid dienone is 1. The van der Waals surface area contributed by atoms with Gasteiger partial charge in [-0.25, -0.2) is 0 Å². The fraction of sp³-hybridized carbons (Fsp3) is 0.714. The SMILES string of the molecule is C/C=C/C(N)(O)CCCN. The highest BCUT2D eigenvalue weighted by Gasteiger charge is 2.14. The molecule has 0 fully saturated rings. The maximum Gasteiger partial charge on any atom is 0.132 e. The van der Waals surface area contributed by atoms with E-state index in [1.807, 2.05) is 6.92 Å². The van der Waals surface area contributed by atoms with Crippen LogP contribution in [0.25, 0.3) is 0 Å². The van der Waals surface area contributed by atoms with Crippen molar-refractivity contribution in [1.29, 1.82) is 0 Å². The van der Waals surface area contributed by atoms with Crippen molar-refractivity contribution in [1.82, 2.24) is 0 Å². The Balaban J connectivity index is 3.63. The Kier molecular flexibility index (Phi) is 4.27. The predicted octanol–water partition coefficient (Wildman–Crippen LogP) is -0.0513. The van der Waals surface area contributed by atoms with Crippen LogP contribution in [0.4, 0.5) is 0 Å². The van der Waals surface area contributed by atoms with Crippen LogP contribution < -0.4 is 11.5 Å². The first-order valence-electron chi connectivity index (χ1n) is 3.47. The second-order valence-electron chi connectivity index (χ2n) is 2.38. The van der Waals surface area contributed by atoms with Crippen molar-refractivity contribution in [2.24, 2.45) is 11.5 Å². The van der Waals surface area contributed by atoms with E-state index in [2.05, 4.69) is 0 Å². The molecule has 0 aliphatic carbocycles. The lowest BCUT2D eigenvalue weighted by atomic mass is 10.1. The fourth-order valence-corrected chi connectivity index (χ4v) is 0.757. The molecule has 3 nitrogen and oxygen atoms in total. The van der Waals surface area contributed by atoms with Crippen molar-refractivity contribution in [2.75, 3.05) is 6.54 Å². The maximum atomic E-state index is 9.28. The molecule has 0 aromatic rings. The highest BCUT2D eigenvalue weighted by Crippen LogP contribution is 2.05. The number of aliphatic hydroxyl groups is 1. The molecule has 0 rings (SSSR count). The van der Waals surface area contributed by atoms with Crippen LogP contribution in [0.3, 0.4) is 0 Å². The first-order chi connectivity index (χ1) is 4.62. The Bertz CT molecular complexity index is 110. The van der Waals surface area contributed by atoms with E-state index in [1.165, 1.54) is 0 Å². The van der Waals surface area contributed by atoms with Gasteiger partial charge in [-0.05, 0) is 32.4 Å². The summed E-state index contributed by atoms with van der Waals surface area (Å²) in [5.74, 6) is 0. The van der Waals surface area contributed by atoms with Gasteiger partial charge in [-0.2, -0.15) is 0 Å². The Morgan fingerprint density at radius 1 is 1.60 bits per heavy atom. The standard InChI is InChI=1S/C7H16N2O/c1-2-4-7(9,10)5-3-6-8/h2,4,10H,3,5-6,8-9H2,1H3/b4-2+. The summed E-state index contributed by atoms with van der Waals surface area (Å²) >= 11 is 0. The summed E-state index contributed by atoms with van der Waals surface area (Å²) < 4.78 is 0. The molecule has 0 spiro atoms. The molecule has 0 aliphatic heterocycles. The molecule has 0 aliphatic rings. The van der Waals surface area contributed by atoms with Gasteiger partial charge in [0, 0.05) is 0 Å².